The van der Waals surface area contributed by atoms with Crippen molar-refractivity contribution >= 4 is 46.7 Å². The van der Waals surface area contributed by atoms with E-state index in [-0.39, 0.29) is 12.5 Å². The summed E-state index contributed by atoms with van der Waals surface area (Å²) >= 11 is 5.90. The van der Waals surface area contributed by atoms with Crippen molar-refractivity contribution in [3.05, 3.63) is 59.1 Å². The van der Waals surface area contributed by atoms with Crippen molar-refractivity contribution in [2.45, 2.75) is 12.5 Å². The molecule has 2 aliphatic rings. The van der Waals surface area contributed by atoms with E-state index in [4.69, 9.17) is 11.6 Å². The molecule has 0 aromatic heterocycles. The molecule has 1 saturated heterocycles. The molecule has 8 nitrogen and oxygen atoms in total. The minimum Gasteiger partial charge on any atom is -0.323 e. The number of hydrogen-bond donors (Lipinski definition) is 2. The number of benzene rings is 2. The average Bonchev–Trinajstić information content (AvgIpc) is 2.91. The van der Waals surface area contributed by atoms with E-state index in [1.54, 1.807) is 55.5 Å². The molecule has 2 heterocycles. The van der Waals surface area contributed by atoms with Gasteiger partial charge >= 0.3 is 6.03 Å². The number of hydrogen-bond acceptors (Lipinski definition) is 4. The summed E-state index contributed by atoms with van der Waals surface area (Å²) in [5.41, 5.74) is 0.266. The lowest BCUT2D eigenvalue weighted by Crippen LogP contribution is -2.48. The molecule has 5 amide bonds. The quantitative estimate of drug-likeness (QED) is 0.754. The molecule has 4 rings (SSSR count). The van der Waals surface area contributed by atoms with Gasteiger partial charge in [-0.15, -0.1) is 0 Å². The van der Waals surface area contributed by atoms with Crippen molar-refractivity contribution in [2.24, 2.45) is 0 Å². The fourth-order valence-corrected chi connectivity index (χ4v) is 3.62. The first kappa shape index (κ1) is 18.9. The highest BCUT2D eigenvalue weighted by molar-refractivity contribution is 6.30. The zero-order valence-electron chi connectivity index (χ0n) is 15.4. The van der Waals surface area contributed by atoms with E-state index < -0.39 is 29.9 Å². The lowest BCUT2D eigenvalue weighted by molar-refractivity contribution is -0.134. The highest BCUT2D eigenvalue weighted by Crippen LogP contribution is 2.31. The summed E-state index contributed by atoms with van der Waals surface area (Å²) in [7, 11) is 0. The van der Waals surface area contributed by atoms with Crippen LogP contribution in [-0.2, 0) is 19.9 Å². The number of carbonyl (C=O) groups is 4. The number of amides is 5. The van der Waals surface area contributed by atoms with Gasteiger partial charge in [-0.3, -0.25) is 24.2 Å². The summed E-state index contributed by atoms with van der Waals surface area (Å²) in [4.78, 5) is 52.5. The fourth-order valence-electron chi connectivity index (χ4n) is 3.50. The number of rotatable bonds is 3. The van der Waals surface area contributed by atoms with Crippen LogP contribution in [0.15, 0.2) is 48.5 Å². The molecule has 9 heteroatoms. The molecular formula is C20H17ClN4O4. The maximum Gasteiger partial charge on any atom is 0.325 e. The number of imide groups is 1. The molecule has 0 saturated carbocycles. The number of nitrogens with zero attached hydrogens (tertiary/aromatic N) is 2. The van der Waals surface area contributed by atoms with E-state index in [2.05, 4.69) is 10.6 Å². The summed E-state index contributed by atoms with van der Waals surface area (Å²) in [6.07, 6.45) is 0. The van der Waals surface area contributed by atoms with Crippen LogP contribution in [0.2, 0.25) is 5.02 Å². The monoisotopic (exact) mass is 412 g/mol. The second-order valence-electron chi connectivity index (χ2n) is 7.00. The molecule has 1 unspecified atom stereocenters. The summed E-state index contributed by atoms with van der Waals surface area (Å²) in [6.45, 7) is 0.911. The van der Waals surface area contributed by atoms with Gasteiger partial charge in [0.25, 0.3) is 5.91 Å². The van der Waals surface area contributed by atoms with Crippen LogP contribution in [0.4, 0.5) is 16.2 Å². The topological polar surface area (TPSA) is 98.8 Å². The zero-order valence-corrected chi connectivity index (χ0v) is 16.2. The predicted molar refractivity (Wildman–Crippen MR) is 106 cm³/mol. The Morgan fingerprint density at radius 1 is 1.10 bits per heavy atom. The molecule has 2 aliphatic heterocycles. The van der Waals surface area contributed by atoms with Gasteiger partial charge in [0.1, 0.15) is 18.6 Å². The molecule has 2 aromatic carbocycles. The molecule has 0 aliphatic carbocycles. The van der Waals surface area contributed by atoms with E-state index in [0.717, 1.165) is 4.90 Å². The van der Waals surface area contributed by atoms with Crippen molar-refractivity contribution < 1.29 is 19.2 Å². The van der Waals surface area contributed by atoms with Crippen LogP contribution in [0.5, 0.6) is 0 Å². The van der Waals surface area contributed by atoms with Gasteiger partial charge in [-0.05, 0) is 36.8 Å². The van der Waals surface area contributed by atoms with Crippen molar-refractivity contribution in [3.8, 4) is 0 Å². The second-order valence-corrected chi connectivity index (χ2v) is 7.43. The average molecular weight is 413 g/mol. The van der Waals surface area contributed by atoms with E-state index in [1.807, 2.05) is 0 Å². The molecule has 1 atom stereocenters. The normalized spacial score (nSPS) is 21.0. The Morgan fingerprint density at radius 3 is 2.52 bits per heavy atom. The minimum absolute atomic E-state index is 0.187. The zero-order chi connectivity index (χ0) is 20.8. The van der Waals surface area contributed by atoms with Crippen LogP contribution in [-0.4, -0.2) is 41.7 Å². The number of carbonyl (C=O) groups excluding carboxylic acids is 4. The van der Waals surface area contributed by atoms with Gasteiger partial charge in [0, 0.05) is 5.02 Å². The third-order valence-corrected chi connectivity index (χ3v) is 5.31. The smallest absolute Gasteiger partial charge is 0.323 e. The fraction of sp³-hybridized carbons (Fsp3) is 0.200. The third kappa shape index (κ3) is 3.21. The first-order valence-corrected chi connectivity index (χ1v) is 9.27. The first-order chi connectivity index (χ1) is 13.8. The maximum absolute atomic E-state index is 13.0. The molecule has 148 valence electrons. The first-order valence-electron chi connectivity index (χ1n) is 8.89. The van der Waals surface area contributed by atoms with Crippen molar-refractivity contribution in [1.82, 2.24) is 10.2 Å². The van der Waals surface area contributed by atoms with Gasteiger partial charge in [-0.2, -0.15) is 0 Å². The SMILES string of the molecule is CC1(c2ccc(Cl)cc2)NC(=O)N(CC(=O)N2CC(=O)Nc3ccccc32)C1=O. The standard InChI is InChI=1S/C20H17ClN4O4/c1-20(12-6-8-13(21)9-7-12)18(28)25(19(29)23-20)11-17(27)24-10-16(26)22-14-4-2-3-5-15(14)24/h2-9H,10-11H2,1H3,(H,22,26)(H,23,29). The molecule has 1 fully saturated rings. The van der Waals surface area contributed by atoms with Crippen LogP contribution in [0.1, 0.15) is 12.5 Å². The van der Waals surface area contributed by atoms with E-state index >= 15 is 0 Å². The summed E-state index contributed by atoms with van der Waals surface area (Å²) < 4.78 is 0. The van der Waals surface area contributed by atoms with Crippen molar-refractivity contribution in [2.75, 3.05) is 23.3 Å². The number of nitrogens with one attached hydrogen (secondary N) is 2. The van der Waals surface area contributed by atoms with Crippen LogP contribution in [0, 0.1) is 0 Å². The van der Waals surface area contributed by atoms with E-state index in [0.29, 0.717) is 22.0 Å². The Labute approximate surface area is 171 Å². The van der Waals surface area contributed by atoms with Gasteiger partial charge < -0.3 is 10.6 Å². The Bertz CT molecular complexity index is 1040. The molecule has 0 radical (unpaired) electrons. The van der Waals surface area contributed by atoms with Crippen LogP contribution in [0.3, 0.4) is 0 Å². The number of fused-ring (bicyclic) bond motifs is 1. The Hall–Kier alpha value is -3.39. The number of halogens is 1. The Balaban J connectivity index is 1.58. The van der Waals surface area contributed by atoms with Gasteiger partial charge in [0.15, 0.2) is 0 Å². The lowest BCUT2D eigenvalue weighted by atomic mass is 9.92. The number of para-hydroxylation sites is 2. The highest BCUT2D eigenvalue weighted by atomic mass is 35.5. The second kappa shape index (κ2) is 6.89. The van der Waals surface area contributed by atoms with E-state index in [9.17, 15) is 19.2 Å². The molecule has 2 aromatic rings. The molecule has 0 bridgehead atoms. The largest absolute Gasteiger partial charge is 0.325 e. The Kier molecular flexibility index (Phi) is 4.50. The number of urea groups is 1. The van der Waals surface area contributed by atoms with Crippen LogP contribution in [0.25, 0.3) is 0 Å². The van der Waals surface area contributed by atoms with Gasteiger partial charge in [0.05, 0.1) is 11.4 Å². The van der Waals surface area contributed by atoms with Crippen molar-refractivity contribution in [3.63, 3.8) is 0 Å². The van der Waals surface area contributed by atoms with Gasteiger partial charge in [-0.25, -0.2) is 4.79 Å². The highest BCUT2D eigenvalue weighted by Gasteiger charge is 2.50. The molecular weight excluding hydrogens is 396 g/mol. The summed E-state index contributed by atoms with van der Waals surface area (Å²) in [5.74, 6) is -1.43. The maximum atomic E-state index is 13.0. The predicted octanol–water partition coefficient (Wildman–Crippen LogP) is 2.09. The third-order valence-electron chi connectivity index (χ3n) is 5.06. The van der Waals surface area contributed by atoms with Gasteiger partial charge in [0.2, 0.25) is 11.8 Å². The van der Waals surface area contributed by atoms with Crippen LogP contribution < -0.4 is 15.5 Å². The summed E-state index contributed by atoms with van der Waals surface area (Å²) in [6, 6.07) is 12.7. The summed E-state index contributed by atoms with van der Waals surface area (Å²) in [5, 5.41) is 5.84. The molecule has 0 spiro atoms. The Morgan fingerprint density at radius 2 is 1.79 bits per heavy atom. The number of anilines is 2. The molecule has 29 heavy (non-hydrogen) atoms. The minimum atomic E-state index is -1.31. The van der Waals surface area contributed by atoms with Gasteiger partial charge in [-0.1, -0.05) is 35.9 Å². The lowest BCUT2D eigenvalue weighted by Gasteiger charge is -2.30. The molecule has 2 N–H and O–H groups in total. The van der Waals surface area contributed by atoms with Crippen LogP contribution >= 0.6 is 11.6 Å². The van der Waals surface area contributed by atoms with E-state index in [1.165, 1.54) is 4.90 Å². The van der Waals surface area contributed by atoms with Crippen molar-refractivity contribution in [1.29, 1.82) is 0 Å².